The van der Waals surface area contributed by atoms with Crippen molar-refractivity contribution in [2.24, 2.45) is 40.1 Å². The molecule has 4 aliphatic rings. The van der Waals surface area contributed by atoms with E-state index in [-0.39, 0.29) is 62.3 Å². The number of aromatic nitrogens is 6. The topological polar surface area (TPSA) is 901 Å². The maximum Gasteiger partial charge on any atom is 0.404 e. The SMILES string of the molecule is Cc1c(C(=O)NC(C(=O)NC(C)C(O)CC(=O)NC(C(=O)NC(O[C@@H]2O[C@@H](C)[C@@H](N)[C@@H](O)[C@H]2O)C(O)c2nc(-c3nc(C(=O)NCCCC(N)CC(=O)NCCCNCCCCN)cs3)cs2)C(C)O)[C@@H](O[C@@H]2O[C@@H](CO)[C@@H](O)[C@H](O)[C@@H]2O[C@H]2O[C@H](CO)[C@@H](O)[C@H](OC(N)=O)[C@@H]2O)c2cnc[nH]2)nc(C(CC(N)=O)NC[C@H](N)C(N)=O)[nH]c1=N.O=C(Nc1ccc(Cl)cc1)NS(=O)(=O)c1ccc2c(c1)CCC2. The first-order chi connectivity index (χ1) is 67.3. The van der Waals surface area contributed by atoms with Crippen molar-refractivity contribution in [3.63, 3.8) is 0 Å². The number of thiazole rings is 2. The number of hydrogen-bond acceptors (Lipinski definition) is 43. The van der Waals surface area contributed by atoms with Crippen molar-refractivity contribution in [3.05, 3.63) is 121 Å². The van der Waals surface area contributed by atoms with Crippen molar-refractivity contribution in [2.75, 3.05) is 57.8 Å². The summed E-state index contributed by atoms with van der Waals surface area (Å²) in [4.78, 5) is 155. The lowest BCUT2D eigenvalue weighted by Crippen LogP contribution is -2.65. The number of aromatic amines is 2. The molecule has 9 unspecified atom stereocenters. The van der Waals surface area contributed by atoms with Crippen LogP contribution in [-0.2, 0) is 84.8 Å². The van der Waals surface area contributed by atoms with E-state index in [0.29, 0.717) is 36.6 Å². The van der Waals surface area contributed by atoms with E-state index >= 15 is 9.59 Å². The van der Waals surface area contributed by atoms with Gasteiger partial charge in [0.05, 0.1) is 85.2 Å². The number of hydrogen-bond donors (Lipinski definition) is 31. The second-order valence-corrected chi connectivity index (χ2v) is 37.8. The Kier molecular flexibility index (Phi) is 44.0. The van der Waals surface area contributed by atoms with Gasteiger partial charge in [0.2, 0.25) is 35.4 Å². The molecule has 3 aliphatic heterocycles. The van der Waals surface area contributed by atoms with E-state index in [2.05, 4.69) is 77.8 Å². The third-order valence-corrected chi connectivity index (χ3v) is 26.4. The zero-order valence-electron chi connectivity index (χ0n) is 77.4. The van der Waals surface area contributed by atoms with Gasteiger partial charge in [0.15, 0.2) is 37.3 Å². The smallest absolute Gasteiger partial charge is 0.404 e. The number of H-pyrrole nitrogens is 2. The van der Waals surface area contributed by atoms with Gasteiger partial charge in [-0.3, -0.25) is 43.8 Å². The Hall–Kier alpha value is -10.6. The number of urea groups is 1. The third-order valence-electron chi connectivity index (χ3n) is 23.1. The van der Waals surface area contributed by atoms with Gasteiger partial charge in [-0.15, -0.1) is 22.7 Å². The number of unbranched alkanes of at least 4 members (excludes halogenated alkanes) is 1. The molecule has 3 fully saturated rings. The predicted molar refractivity (Wildman–Crippen MR) is 499 cm³/mol. The summed E-state index contributed by atoms with van der Waals surface area (Å²) in [5.41, 5.74) is 40.8. The Bertz CT molecular complexity index is 5370. The molecule has 38 N–H and O–H groups in total. The van der Waals surface area contributed by atoms with Gasteiger partial charge in [-0.05, 0) is 146 Å². The number of carbonyl (C=O) groups excluding carboxylic acids is 10. The minimum Gasteiger partial charge on any atom is -0.441 e. The number of anilines is 1. The molecule has 142 heavy (non-hydrogen) atoms. The van der Waals surface area contributed by atoms with Gasteiger partial charge < -0.3 is 187 Å². The highest BCUT2D eigenvalue weighted by Crippen LogP contribution is 2.37. The molecule has 0 spiro atoms. The molecule has 54 nitrogen and oxygen atoms in total. The van der Waals surface area contributed by atoms with E-state index in [1.54, 1.807) is 30.3 Å². The number of ether oxygens (including phenoxy) is 7. The van der Waals surface area contributed by atoms with Gasteiger partial charge in [-0.2, -0.15) is 0 Å². The third kappa shape index (κ3) is 32.5. The zero-order chi connectivity index (χ0) is 104. The lowest BCUT2D eigenvalue weighted by Gasteiger charge is -2.47. The minimum absolute atomic E-state index is 0.00880. The average Bonchev–Trinajstić information content (AvgIpc) is 0.811. The number of primary amides is 3. The van der Waals surface area contributed by atoms with Crippen molar-refractivity contribution in [3.8, 4) is 10.7 Å². The molecule has 0 radical (unpaired) electrons. The largest absolute Gasteiger partial charge is 0.441 e. The summed E-state index contributed by atoms with van der Waals surface area (Å²) in [5.74, 6) is -8.21. The zero-order valence-corrected chi connectivity index (χ0v) is 80.6. The molecule has 3 saturated heterocycles. The number of fused-ring (bicyclic) bond motifs is 1. The maximum absolute atomic E-state index is 15.3. The van der Waals surface area contributed by atoms with Crippen LogP contribution < -0.4 is 98.2 Å². The maximum atomic E-state index is 15.3. The molecule has 58 heteroatoms. The summed E-state index contributed by atoms with van der Waals surface area (Å²) >= 11 is 7.59. The van der Waals surface area contributed by atoms with E-state index in [1.807, 2.05) is 10.8 Å². The molecular weight excluding hydrogens is 1960 g/mol. The fourth-order valence-corrected chi connectivity index (χ4v) is 17.7. The number of imidazole rings is 1. The summed E-state index contributed by atoms with van der Waals surface area (Å²) < 4.78 is 67.0. The highest BCUT2D eigenvalue weighted by molar-refractivity contribution is 7.90. The summed E-state index contributed by atoms with van der Waals surface area (Å²) in [6.45, 7) is 5.28. The first-order valence-corrected chi connectivity index (χ1v) is 48.7. The first kappa shape index (κ1) is 115. The lowest BCUT2D eigenvalue weighted by atomic mass is 9.97. The number of rotatable bonds is 50. The highest BCUT2D eigenvalue weighted by Gasteiger charge is 2.54. The molecule has 4 aromatic heterocycles. The van der Waals surface area contributed by atoms with E-state index in [0.717, 1.165) is 106 Å². The fraction of sp³-hybridized carbons (Fsp3) is 0.583. The number of nitrogens with two attached hydrogens (primary N) is 7. The average molecular weight is 2080 g/mol. The van der Waals surface area contributed by atoms with Crippen molar-refractivity contribution >= 4 is 109 Å². The van der Waals surface area contributed by atoms with Crippen molar-refractivity contribution in [1.82, 2.24) is 77.2 Å². The minimum atomic E-state index is -3.90. The molecule has 11 amide bonds. The number of benzene rings is 2. The van der Waals surface area contributed by atoms with Crippen LogP contribution in [0.25, 0.3) is 10.7 Å². The second kappa shape index (κ2) is 54.4. The number of aliphatic hydroxyl groups is 11. The van der Waals surface area contributed by atoms with E-state index in [1.165, 1.54) is 36.2 Å². The van der Waals surface area contributed by atoms with Crippen molar-refractivity contribution in [1.29, 1.82) is 5.41 Å². The van der Waals surface area contributed by atoms with Crippen LogP contribution in [0, 0.1) is 12.3 Å². The van der Waals surface area contributed by atoms with Gasteiger partial charge in [0.25, 0.3) is 21.8 Å². The van der Waals surface area contributed by atoms with E-state index in [4.69, 9.17) is 90.3 Å². The van der Waals surface area contributed by atoms with Crippen LogP contribution in [0.2, 0.25) is 5.02 Å². The van der Waals surface area contributed by atoms with E-state index < -0.39 is 266 Å². The Morgan fingerprint density at radius 1 is 0.704 bits per heavy atom. The standard InChI is InChI=1S/C68H110N22O27S2.C16H15ClN2O3S/c1-25-42(87-57(89-55(25)74)31(16-38(72)95)81-18-30(71)56(75)105)59(107)88-44(52(32-19-78-24-82-32)114-67-54(48(101)45(98)36(20-91)113-67)115-66-50(103)53(116-68(76)110)46(99)37(21-92)112-66)61(109)83-26(2)35(94)17-40(97)86-43(27(3)93)60(108)90-62(117-65-49(102)47(100)41(73)28(4)111-65)51(104)64-85-34(23-119-64)63-84-33(22-118-63)58(106)80-13-7-9-29(70)15-39(96)79-14-8-12-77-11-6-5-10-69;17-13-5-7-14(8-6-13)18-16(20)19-23(21,22)15-9-4-11-2-1-3-12(11)10-15/h19,22-24,26-31,35-37,41,43-54,62,65-67,77,81,91-94,98-104H,5-18,20-21,69-71,73H2,1-4H3,(H2,72,95)(H2,75,105)(H2,76,110)(H,78,82)(H,79,96)(H,80,106)(H,83,109)(H,86,97)(H,88,107)(H,90,108)(H2,74,87,89);4-10H,1-3H2,(H2,18,19,20)/t26?,27?,28-,29?,30-,31?,35?,36-,37+,41+,43?,44?,45+,46+,47+,48-,49+,50-,51?,52-,53-,54-,62?,65-,66+,67-;/m0./s1. The second-order valence-electron chi connectivity index (χ2n) is 33.9. The number of aliphatic hydroxyl groups excluding tert-OH is 11. The summed E-state index contributed by atoms with van der Waals surface area (Å²) in [5, 5.41) is 159. The molecule has 0 saturated carbocycles. The number of nitrogens with one attached hydrogen (secondary N) is 13. The highest BCUT2D eigenvalue weighted by atomic mass is 35.5. The molecule has 2 aromatic carbocycles. The van der Waals surface area contributed by atoms with Crippen LogP contribution >= 0.6 is 34.3 Å². The Labute approximate surface area is 825 Å². The van der Waals surface area contributed by atoms with Crippen molar-refractivity contribution < 1.29 is 146 Å². The number of aryl methyl sites for hydroxylation is 2. The van der Waals surface area contributed by atoms with Crippen LogP contribution in [0.4, 0.5) is 15.3 Å². The fourth-order valence-electron chi connectivity index (χ4n) is 15.0. The van der Waals surface area contributed by atoms with Gasteiger partial charge in [-0.1, -0.05) is 17.7 Å². The number of sulfonamides is 1. The van der Waals surface area contributed by atoms with Crippen molar-refractivity contribution in [2.45, 2.75) is 262 Å². The Balaban J connectivity index is 0.000000847. The van der Waals surface area contributed by atoms with Crippen LogP contribution in [-0.4, -0.2) is 347 Å². The van der Waals surface area contributed by atoms with Crippen LogP contribution in [0.15, 0.2) is 70.6 Å². The quantitative estimate of drug-likeness (QED) is 0.0125. The summed E-state index contributed by atoms with van der Waals surface area (Å²) in [7, 11) is -3.90. The van der Waals surface area contributed by atoms with Gasteiger partial charge in [0, 0.05) is 65.6 Å². The van der Waals surface area contributed by atoms with Crippen LogP contribution in [0.1, 0.15) is 151 Å². The van der Waals surface area contributed by atoms with Gasteiger partial charge in [0.1, 0.15) is 112 Å². The normalized spacial score (nSPS) is 24.0. The number of halogens is 1. The van der Waals surface area contributed by atoms with Crippen LogP contribution in [0.5, 0.6) is 0 Å². The molecule has 26 atom stereocenters. The molecule has 6 aromatic rings. The molecule has 1 aliphatic carbocycles. The molecular formula is C84H125ClN24O30S3. The van der Waals surface area contributed by atoms with Gasteiger partial charge >= 0.3 is 12.1 Å². The summed E-state index contributed by atoms with van der Waals surface area (Å²) in [6.07, 6.45) is -31.7. The molecule has 7 heterocycles. The predicted octanol–water partition coefficient (Wildman–Crippen LogP) is -8.09. The first-order valence-electron chi connectivity index (χ1n) is 45.1. The van der Waals surface area contributed by atoms with Crippen LogP contribution in [0.3, 0.4) is 0 Å². The monoisotopic (exact) mass is 2080 g/mol. The Morgan fingerprint density at radius 2 is 1.39 bits per heavy atom. The number of carbonyl (C=O) groups is 10. The molecule has 10 rings (SSSR count). The molecule has 786 valence electrons. The van der Waals surface area contributed by atoms with Gasteiger partial charge in [-0.25, -0.2) is 42.7 Å². The summed E-state index contributed by atoms with van der Waals surface area (Å²) in [6, 6.07) is 0.334. The number of amides is 11. The molecule has 0 bridgehead atoms. The van der Waals surface area contributed by atoms with E-state index in [9.17, 15) is 103 Å². The number of nitrogens with zero attached hydrogens (tertiary/aromatic N) is 4. The lowest BCUT2D eigenvalue weighted by molar-refractivity contribution is -0.372. The Morgan fingerprint density at radius 3 is 2.06 bits per heavy atom.